The van der Waals surface area contributed by atoms with Crippen LogP contribution in [0.4, 0.5) is 5.69 Å². The molecule has 20 heavy (non-hydrogen) atoms. The molecule has 1 aliphatic heterocycles. The molecule has 0 spiro atoms. The molecule has 4 nitrogen and oxygen atoms in total. The number of rotatable bonds is 3. The number of hydrogen-bond donors (Lipinski definition) is 0. The van der Waals surface area contributed by atoms with Crippen LogP contribution in [-0.2, 0) is 11.2 Å². The Morgan fingerprint density at radius 3 is 2.80 bits per heavy atom. The topological polar surface area (TPSA) is 42.4 Å². The quantitative estimate of drug-likeness (QED) is 0.858. The van der Waals surface area contributed by atoms with E-state index in [0.29, 0.717) is 12.4 Å². The van der Waals surface area contributed by atoms with Crippen LogP contribution in [0.3, 0.4) is 0 Å². The third kappa shape index (κ3) is 2.37. The summed E-state index contributed by atoms with van der Waals surface area (Å²) in [5, 5.41) is 0. The van der Waals surface area contributed by atoms with Crippen molar-refractivity contribution in [3.8, 4) is 5.88 Å². The maximum atomic E-state index is 12.3. The Morgan fingerprint density at radius 1 is 1.20 bits per heavy atom. The van der Waals surface area contributed by atoms with Gasteiger partial charge in [0.15, 0.2) is 6.10 Å². The number of amides is 1. The average molecular weight is 268 g/mol. The van der Waals surface area contributed by atoms with Gasteiger partial charge in [0, 0.05) is 12.7 Å². The van der Waals surface area contributed by atoms with Crippen LogP contribution < -0.4 is 9.64 Å². The van der Waals surface area contributed by atoms with E-state index in [0.717, 1.165) is 12.1 Å². The molecule has 0 N–H and O–H groups in total. The lowest BCUT2D eigenvalue weighted by molar-refractivity contribution is -0.125. The van der Waals surface area contributed by atoms with E-state index in [1.165, 1.54) is 5.56 Å². The summed E-state index contributed by atoms with van der Waals surface area (Å²) in [7, 11) is 0. The van der Waals surface area contributed by atoms with E-state index >= 15 is 0 Å². The summed E-state index contributed by atoms with van der Waals surface area (Å²) in [5.74, 6) is 0.522. The minimum Gasteiger partial charge on any atom is -0.463 e. The molecule has 102 valence electrons. The molecule has 1 atom stereocenters. The number of hydrogen-bond acceptors (Lipinski definition) is 3. The molecule has 2 heterocycles. The van der Waals surface area contributed by atoms with Crippen LogP contribution in [0.5, 0.6) is 5.88 Å². The number of nitrogens with zero attached hydrogens (tertiary/aromatic N) is 2. The van der Waals surface area contributed by atoms with E-state index in [4.69, 9.17) is 4.74 Å². The lowest BCUT2D eigenvalue weighted by Crippen LogP contribution is -2.45. The van der Waals surface area contributed by atoms with E-state index in [2.05, 4.69) is 17.1 Å². The van der Waals surface area contributed by atoms with Crippen LogP contribution in [-0.4, -0.2) is 23.5 Å². The first kappa shape index (κ1) is 12.7. The predicted octanol–water partition coefficient (Wildman–Crippen LogP) is 2.44. The van der Waals surface area contributed by atoms with E-state index in [9.17, 15) is 4.79 Å². The van der Waals surface area contributed by atoms with Crippen molar-refractivity contribution < 1.29 is 9.53 Å². The van der Waals surface area contributed by atoms with Gasteiger partial charge >= 0.3 is 0 Å². The first-order chi connectivity index (χ1) is 9.75. The third-order valence-electron chi connectivity index (χ3n) is 3.41. The van der Waals surface area contributed by atoms with Crippen molar-refractivity contribution in [1.29, 1.82) is 0 Å². The smallest absolute Gasteiger partial charge is 0.267 e. The van der Waals surface area contributed by atoms with Gasteiger partial charge in [-0.1, -0.05) is 30.3 Å². The highest BCUT2D eigenvalue weighted by molar-refractivity contribution is 5.99. The fourth-order valence-electron chi connectivity index (χ4n) is 2.35. The van der Waals surface area contributed by atoms with Gasteiger partial charge in [-0.15, -0.1) is 0 Å². The summed E-state index contributed by atoms with van der Waals surface area (Å²) >= 11 is 0. The van der Waals surface area contributed by atoms with Gasteiger partial charge in [0.25, 0.3) is 5.91 Å². The second-order valence-corrected chi connectivity index (χ2v) is 4.81. The zero-order chi connectivity index (χ0) is 13.9. The Bertz CT molecular complexity index is 613. The fourth-order valence-corrected chi connectivity index (χ4v) is 2.35. The third-order valence-corrected chi connectivity index (χ3v) is 3.41. The monoisotopic (exact) mass is 268 g/mol. The van der Waals surface area contributed by atoms with Crippen LogP contribution in [0.1, 0.15) is 12.5 Å². The second-order valence-electron chi connectivity index (χ2n) is 4.81. The first-order valence-corrected chi connectivity index (χ1v) is 6.72. The van der Waals surface area contributed by atoms with E-state index in [1.807, 2.05) is 30.3 Å². The number of benzene rings is 1. The molecule has 0 radical (unpaired) electrons. The van der Waals surface area contributed by atoms with Gasteiger partial charge in [0.05, 0.1) is 0 Å². The number of fused-ring (bicyclic) bond motifs is 1. The van der Waals surface area contributed by atoms with E-state index in [1.54, 1.807) is 18.0 Å². The molecule has 0 saturated heterocycles. The highest BCUT2D eigenvalue weighted by atomic mass is 16.5. The Labute approximate surface area is 118 Å². The molecule has 0 fully saturated rings. The molecule has 0 saturated carbocycles. The molecule has 1 aromatic carbocycles. The maximum absolute atomic E-state index is 12.3. The largest absolute Gasteiger partial charge is 0.463 e. The Kier molecular flexibility index (Phi) is 3.37. The predicted molar refractivity (Wildman–Crippen MR) is 76.8 cm³/mol. The normalized spacial score (nSPS) is 17.6. The molecule has 1 unspecified atom stereocenters. The number of aromatic nitrogens is 1. The van der Waals surface area contributed by atoms with Crippen molar-refractivity contribution in [2.75, 3.05) is 11.4 Å². The zero-order valence-electron chi connectivity index (χ0n) is 11.3. The molecule has 0 aliphatic carbocycles. The number of pyridine rings is 1. The first-order valence-electron chi connectivity index (χ1n) is 6.72. The standard InChI is InChI=1S/C16H16N2O2/c1-12-16(19)18(11-9-13-6-3-2-4-7-13)14-8-5-10-17-15(14)20-12/h2-8,10,12H,9,11H2,1H3. The highest BCUT2D eigenvalue weighted by Gasteiger charge is 2.31. The number of carbonyl (C=O) groups excluding carboxylic acids is 1. The summed E-state index contributed by atoms with van der Waals surface area (Å²) in [6.45, 7) is 2.39. The van der Waals surface area contributed by atoms with E-state index in [-0.39, 0.29) is 5.91 Å². The van der Waals surface area contributed by atoms with E-state index < -0.39 is 6.10 Å². The molecular formula is C16H16N2O2. The van der Waals surface area contributed by atoms with Crippen LogP contribution in [0.2, 0.25) is 0 Å². The molecule has 1 aromatic heterocycles. The Morgan fingerprint density at radius 2 is 2.00 bits per heavy atom. The fraction of sp³-hybridized carbons (Fsp3) is 0.250. The van der Waals surface area contributed by atoms with Crippen molar-refractivity contribution in [2.45, 2.75) is 19.4 Å². The number of ether oxygens (including phenoxy) is 1. The molecular weight excluding hydrogens is 252 g/mol. The van der Waals surface area contributed by atoms with Crippen molar-refractivity contribution in [1.82, 2.24) is 4.98 Å². The molecule has 3 rings (SSSR count). The van der Waals surface area contributed by atoms with Crippen LogP contribution >= 0.6 is 0 Å². The van der Waals surface area contributed by atoms with Crippen molar-refractivity contribution in [3.05, 3.63) is 54.2 Å². The average Bonchev–Trinajstić information content (AvgIpc) is 2.49. The lowest BCUT2D eigenvalue weighted by atomic mass is 10.1. The number of anilines is 1. The van der Waals surface area contributed by atoms with Gasteiger partial charge in [-0.2, -0.15) is 0 Å². The zero-order valence-corrected chi connectivity index (χ0v) is 11.3. The van der Waals surface area contributed by atoms with Gasteiger partial charge in [0.1, 0.15) is 5.69 Å². The minimum absolute atomic E-state index is 0.0126. The second kappa shape index (κ2) is 5.33. The van der Waals surface area contributed by atoms with Gasteiger partial charge in [0.2, 0.25) is 5.88 Å². The SMILES string of the molecule is CC1Oc2ncccc2N(CCc2ccccc2)C1=O. The highest BCUT2D eigenvalue weighted by Crippen LogP contribution is 2.31. The van der Waals surface area contributed by atoms with Crippen LogP contribution in [0.25, 0.3) is 0 Å². The molecule has 0 bridgehead atoms. The van der Waals surface area contributed by atoms with Crippen molar-refractivity contribution in [3.63, 3.8) is 0 Å². The summed E-state index contributed by atoms with van der Waals surface area (Å²) < 4.78 is 5.52. The summed E-state index contributed by atoms with van der Waals surface area (Å²) in [4.78, 5) is 18.2. The maximum Gasteiger partial charge on any atom is 0.267 e. The van der Waals surface area contributed by atoms with Gasteiger partial charge in [-0.25, -0.2) is 4.98 Å². The molecule has 2 aromatic rings. The van der Waals surface area contributed by atoms with Gasteiger partial charge in [-0.3, -0.25) is 4.79 Å². The Hall–Kier alpha value is -2.36. The number of carbonyl (C=O) groups is 1. The van der Waals surface area contributed by atoms with Crippen molar-refractivity contribution >= 4 is 11.6 Å². The molecule has 4 heteroatoms. The lowest BCUT2D eigenvalue weighted by Gasteiger charge is -2.32. The minimum atomic E-state index is -0.479. The van der Waals surface area contributed by atoms with Gasteiger partial charge in [-0.05, 0) is 31.0 Å². The molecule has 1 aliphatic rings. The van der Waals surface area contributed by atoms with Crippen LogP contribution in [0, 0.1) is 0 Å². The van der Waals surface area contributed by atoms with Crippen molar-refractivity contribution in [2.24, 2.45) is 0 Å². The summed E-state index contributed by atoms with van der Waals surface area (Å²) in [6, 6.07) is 13.8. The summed E-state index contributed by atoms with van der Waals surface area (Å²) in [6.07, 6.45) is 2.01. The van der Waals surface area contributed by atoms with Crippen LogP contribution in [0.15, 0.2) is 48.7 Å². The Balaban J connectivity index is 1.82. The summed E-state index contributed by atoms with van der Waals surface area (Å²) in [5.41, 5.74) is 1.97. The molecule has 1 amide bonds. The van der Waals surface area contributed by atoms with Gasteiger partial charge < -0.3 is 9.64 Å².